The molecule has 1 rings (SSSR count). The van der Waals surface area contributed by atoms with E-state index in [4.69, 9.17) is 9.47 Å². The van der Waals surface area contributed by atoms with Crippen molar-refractivity contribution in [3.63, 3.8) is 0 Å². The van der Waals surface area contributed by atoms with Crippen molar-refractivity contribution in [1.82, 2.24) is 5.32 Å². The zero-order valence-corrected chi connectivity index (χ0v) is 10.5. The Morgan fingerprint density at radius 3 is 2.41 bits per heavy atom. The lowest BCUT2D eigenvalue weighted by molar-refractivity contribution is 0.149. The van der Waals surface area contributed by atoms with Crippen molar-refractivity contribution >= 4 is 6.09 Å². The molecule has 0 radical (unpaired) electrons. The number of rotatable bonds is 5. The molecule has 0 spiro atoms. The second-order valence-electron chi connectivity index (χ2n) is 3.59. The van der Waals surface area contributed by atoms with Crippen LogP contribution in [0.15, 0.2) is 24.3 Å². The number of carbonyl (C=O) groups excluding carboxylic acids is 1. The van der Waals surface area contributed by atoms with Crippen LogP contribution in [0.1, 0.15) is 32.4 Å². The van der Waals surface area contributed by atoms with Gasteiger partial charge in [-0.15, -0.1) is 0 Å². The molecule has 1 aromatic carbocycles. The highest BCUT2D eigenvalue weighted by Gasteiger charge is 2.09. The lowest BCUT2D eigenvalue weighted by atomic mass is 10.1. The standard InChI is InChI=1S/C13H19NO3/c1-4-16-12-8-6-11(7-9-12)10(3)14-13(15)17-5-2/h6-10H,4-5H2,1-3H3,(H,14,15). The Labute approximate surface area is 102 Å². The van der Waals surface area contributed by atoms with Crippen LogP contribution in [0.2, 0.25) is 0 Å². The Morgan fingerprint density at radius 1 is 1.24 bits per heavy atom. The molecule has 1 N–H and O–H groups in total. The van der Waals surface area contributed by atoms with Gasteiger partial charge in [0.05, 0.1) is 19.3 Å². The fraction of sp³-hybridized carbons (Fsp3) is 0.462. The van der Waals surface area contributed by atoms with Crippen molar-refractivity contribution in [2.45, 2.75) is 26.8 Å². The van der Waals surface area contributed by atoms with Crippen LogP contribution in [0.25, 0.3) is 0 Å². The van der Waals surface area contributed by atoms with E-state index in [1.54, 1.807) is 6.92 Å². The summed E-state index contributed by atoms with van der Waals surface area (Å²) in [6, 6.07) is 7.57. The molecule has 0 aliphatic rings. The highest BCUT2D eigenvalue weighted by Crippen LogP contribution is 2.17. The van der Waals surface area contributed by atoms with Gasteiger partial charge < -0.3 is 14.8 Å². The van der Waals surface area contributed by atoms with Gasteiger partial charge in [-0.05, 0) is 38.5 Å². The Bertz CT molecular complexity index is 348. The molecule has 94 valence electrons. The zero-order chi connectivity index (χ0) is 12.7. The predicted molar refractivity (Wildman–Crippen MR) is 66.2 cm³/mol. The van der Waals surface area contributed by atoms with Crippen molar-refractivity contribution in [1.29, 1.82) is 0 Å². The third-order valence-electron chi connectivity index (χ3n) is 2.30. The van der Waals surface area contributed by atoms with Gasteiger partial charge in [-0.3, -0.25) is 0 Å². The number of carbonyl (C=O) groups is 1. The van der Waals surface area contributed by atoms with Crippen LogP contribution in [0, 0.1) is 0 Å². The molecule has 1 atom stereocenters. The number of ether oxygens (including phenoxy) is 2. The lowest BCUT2D eigenvalue weighted by Crippen LogP contribution is -2.27. The Morgan fingerprint density at radius 2 is 1.88 bits per heavy atom. The normalized spacial score (nSPS) is 11.7. The Hall–Kier alpha value is -1.71. The topological polar surface area (TPSA) is 47.6 Å². The molecule has 0 aliphatic heterocycles. The monoisotopic (exact) mass is 237 g/mol. The van der Waals surface area contributed by atoms with Gasteiger partial charge in [0.2, 0.25) is 0 Å². The molecular formula is C13H19NO3. The van der Waals surface area contributed by atoms with Crippen LogP contribution in [0.3, 0.4) is 0 Å². The first kappa shape index (κ1) is 13.4. The summed E-state index contributed by atoms with van der Waals surface area (Å²) in [5.41, 5.74) is 1.02. The summed E-state index contributed by atoms with van der Waals surface area (Å²) in [4.78, 5) is 11.2. The molecule has 0 bridgehead atoms. The maximum Gasteiger partial charge on any atom is 0.407 e. The minimum Gasteiger partial charge on any atom is -0.494 e. The van der Waals surface area contributed by atoms with Crippen LogP contribution in [0.5, 0.6) is 5.75 Å². The van der Waals surface area contributed by atoms with Crippen LogP contribution in [-0.4, -0.2) is 19.3 Å². The second-order valence-corrected chi connectivity index (χ2v) is 3.59. The third kappa shape index (κ3) is 4.34. The van der Waals surface area contributed by atoms with E-state index in [0.717, 1.165) is 11.3 Å². The molecule has 4 nitrogen and oxygen atoms in total. The maximum atomic E-state index is 11.2. The quantitative estimate of drug-likeness (QED) is 0.856. The molecule has 1 amide bonds. The van der Waals surface area contributed by atoms with Gasteiger partial charge in [0.25, 0.3) is 0 Å². The van der Waals surface area contributed by atoms with Crippen LogP contribution in [0.4, 0.5) is 4.79 Å². The zero-order valence-electron chi connectivity index (χ0n) is 10.5. The van der Waals surface area contributed by atoms with Crippen molar-refractivity contribution in [2.75, 3.05) is 13.2 Å². The summed E-state index contributed by atoms with van der Waals surface area (Å²) in [5.74, 6) is 0.833. The fourth-order valence-electron chi connectivity index (χ4n) is 1.45. The molecule has 0 saturated heterocycles. The second kappa shape index (κ2) is 6.78. The smallest absolute Gasteiger partial charge is 0.407 e. The minimum atomic E-state index is -0.395. The minimum absolute atomic E-state index is 0.0790. The van der Waals surface area contributed by atoms with E-state index in [0.29, 0.717) is 13.2 Å². The van der Waals surface area contributed by atoms with E-state index in [-0.39, 0.29) is 6.04 Å². The van der Waals surface area contributed by atoms with Crippen molar-refractivity contribution in [2.24, 2.45) is 0 Å². The Balaban J connectivity index is 2.56. The average molecular weight is 237 g/mol. The van der Waals surface area contributed by atoms with Crippen molar-refractivity contribution in [3.05, 3.63) is 29.8 Å². The predicted octanol–water partition coefficient (Wildman–Crippen LogP) is 2.89. The molecule has 0 aromatic heterocycles. The molecule has 0 saturated carbocycles. The first-order chi connectivity index (χ1) is 8.17. The molecular weight excluding hydrogens is 218 g/mol. The molecule has 4 heteroatoms. The summed E-state index contributed by atoms with van der Waals surface area (Å²) in [5, 5.41) is 2.75. The fourth-order valence-corrected chi connectivity index (χ4v) is 1.45. The first-order valence-corrected chi connectivity index (χ1v) is 5.83. The summed E-state index contributed by atoms with van der Waals surface area (Å²) >= 11 is 0. The van der Waals surface area contributed by atoms with Gasteiger partial charge in [-0.25, -0.2) is 4.79 Å². The Kier molecular flexibility index (Phi) is 5.33. The van der Waals surface area contributed by atoms with Gasteiger partial charge in [0.15, 0.2) is 0 Å². The number of nitrogens with one attached hydrogen (secondary N) is 1. The molecule has 1 unspecified atom stereocenters. The molecule has 0 fully saturated rings. The number of benzene rings is 1. The van der Waals surface area contributed by atoms with Gasteiger partial charge >= 0.3 is 6.09 Å². The van der Waals surface area contributed by atoms with Crippen molar-refractivity contribution < 1.29 is 14.3 Å². The average Bonchev–Trinajstić information content (AvgIpc) is 2.30. The van der Waals surface area contributed by atoms with E-state index < -0.39 is 6.09 Å². The van der Waals surface area contributed by atoms with Gasteiger partial charge in [0, 0.05) is 0 Å². The van der Waals surface area contributed by atoms with E-state index in [1.807, 2.05) is 38.1 Å². The molecule has 1 aromatic rings. The number of hydrogen-bond acceptors (Lipinski definition) is 3. The van der Waals surface area contributed by atoms with Crippen LogP contribution >= 0.6 is 0 Å². The third-order valence-corrected chi connectivity index (χ3v) is 2.30. The van der Waals surface area contributed by atoms with Crippen LogP contribution < -0.4 is 10.1 Å². The van der Waals surface area contributed by atoms with Gasteiger partial charge in [-0.2, -0.15) is 0 Å². The van der Waals surface area contributed by atoms with Gasteiger partial charge in [0.1, 0.15) is 5.75 Å². The summed E-state index contributed by atoms with van der Waals surface area (Å²) in [6.07, 6.45) is -0.395. The maximum absolute atomic E-state index is 11.2. The number of alkyl carbamates (subject to hydrolysis) is 1. The number of hydrogen-bond donors (Lipinski definition) is 1. The van der Waals surface area contributed by atoms with Gasteiger partial charge in [-0.1, -0.05) is 12.1 Å². The highest BCUT2D eigenvalue weighted by molar-refractivity contribution is 5.67. The summed E-state index contributed by atoms with van der Waals surface area (Å²) in [6.45, 7) is 6.66. The molecule has 17 heavy (non-hydrogen) atoms. The van der Waals surface area contributed by atoms with E-state index in [9.17, 15) is 4.79 Å². The SMILES string of the molecule is CCOC(=O)NC(C)c1ccc(OCC)cc1. The lowest BCUT2D eigenvalue weighted by Gasteiger charge is -2.14. The summed E-state index contributed by atoms with van der Waals surface area (Å²) in [7, 11) is 0. The van der Waals surface area contributed by atoms with Crippen LogP contribution in [-0.2, 0) is 4.74 Å². The summed E-state index contributed by atoms with van der Waals surface area (Å²) < 4.78 is 10.2. The van der Waals surface area contributed by atoms with E-state index in [1.165, 1.54) is 0 Å². The number of amides is 1. The van der Waals surface area contributed by atoms with E-state index in [2.05, 4.69) is 5.32 Å². The largest absolute Gasteiger partial charge is 0.494 e. The van der Waals surface area contributed by atoms with Crippen molar-refractivity contribution in [3.8, 4) is 5.75 Å². The molecule has 0 heterocycles. The highest BCUT2D eigenvalue weighted by atomic mass is 16.5. The first-order valence-electron chi connectivity index (χ1n) is 5.83. The molecule has 0 aliphatic carbocycles. The van der Waals surface area contributed by atoms with E-state index >= 15 is 0 Å².